The summed E-state index contributed by atoms with van der Waals surface area (Å²) in [4.78, 5) is 0. The summed E-state index contributed by atoms with van der Waals surface area (Å²) in [6.07, 6.45) is 0. The van der Waals surface area contributed by atoms with Crippen molar-refractivity contribution in [1.82, 2.24) is 9.03 Å². The summed E-state index contributed by atoms with van der Waals surface area (Å²) in [5, 5.41) is 0. The Morgan fingerprint density at radius 2 is 1.58 bits per heavy atom. The highest BCUT2D eigenvalue weighted by Gasteiger charge is 2.21. The Bertz CT molecular complexity index is 696. The van der Waals surface area contributed by atoms with Gasteiger partial charge in [-0.15, -0.1) is 12.4 Å². The van der Waals surface area contributed by atoms with E-state index in [2.05, 4.69) is 4.72 Å². The van der Waals surface area contributed by atoms with Crippen molar-refractivity contribution in [2.45, 2.75) is 19.5 Å². The van der Waals surface area contributed by atoms with Gasteiger partial charge in [-0.3, -0.25) is 0 Å². The highest BCUT2D eigenvalue weighted by molar-refractivity contribution is 7.87. The predicted octanol–water partition coefficient (Wildman–Crippen LogP) is 2.46. The van der Waals surface area contributed by atoms with E-state index < -0.39 is 10.2 Å². The second-order valence-electron chi connectivity index (χ2n) is 5.28. The maximum atomic E-state index is 12.5. The first-order valence-corrected chi connectivity index (χ1v) is 9.06. The van der Waals surface area contributed by atoms with Crippen molar-refractivity contribution >= 4 is 22.6 Å². The van der Waals surface area contributed by atoms with Crippen molar-refractivity contribution in [3.8, 4) is 0 Å². The molecule has 0 aliphatic heterocycles. The minimum absolute atomic E-state index is 0. The summed E-state index contributed by atoms with van der Waals surface area (Å²) < 4.78 is 28.9. The first-order valence-electron chi connectivity index (χ1n) is 7.62. The molecule has 2 aromatic carbocycles. The molecule has 0 saturated heterocycles. The Labute approximate surface area is 150 Å². The molecular formula is C17H24ClN3O2S. The SMILES string of the molecule is CCN(Cc1ccccc1)S(=O)(=O)NCC(N)c1ccccc1.Cl. The molecule has 0 spiro atoms. The lowest BCUT2D eigenvalue weighted by molar-refractivity contribution is 0.412. The van der Waals surface area contributed by atoms with E-state index in [0.717, 1.165) is 11.1 Å². The molecule has 0 amide bonds. The highest BCUT2D eigenvalue weighted by Crippen LogP contribution is 2.11. The van der Waals surface area contributed by atoms with Crippen LogP contribution in [-0.4, -0.2) is 25.8 Å². The Morgan fingerprint density at radius 3 is 2.12 bits per heavy atom. The highest BCUT2D eigenvalue weighted by atomic mass is 35.5. The molecule has 0 aromatic heterocycles. The van der Waals surface area contributed by atoms with Gasteiger partial charge in [-0.1, -0.05) is 67.6 Å². The molecule has 1 atom stereocenters. The van der Waals surface area contributed by atoms with Crippen LogP contribution in [0.4, 0.5) is 0 Å². The molecule has 7 heteroatoms. The van der Waals surface area contributed by atoms with Crippen LogP contribution in [0.5, 0.6) is 0 Å². The maximum absolute atomic E-state index is 12.5. The fourth-order valence-corrected chi connectivity index (χ4v) is 3.49. The van der Waals surface area contributed by atoms with E-state index in [9.17, 15) is 8.42 Å². The molecule has 3 N–H and O–H groups in total. The molecule has 0 bridgehead atoms. The topological polar surface area (TPSA) is 75.4 Å². The largest absolute Gasteiger partial charge is 0.323 e. The van der Waals surface area contributed by atoms with E-state index >= 15 is 0 Å². The molecule has 5 nitrogen and oxygen atoms in total. The van der Waals surface area contributed by atoms with Crippen LogP contribution < -0.4 is 10.5 Å². The predicted molar refractivity (Wildman–Crippen MR) is 100 cm³/mol. The van der Waals surface area contributed by atoms with Crippen molar-refractivity contribution in [2.75, 3.05) is 13.1 Å². The fraction of sp³-hybridized carbons (Fsp3) is 0.294. The van der Waals surface area contributed by atoms with Crippen molar-refractivity contribution < 1.29 is 8.42 Å². The van der Waals surface area contributed by atoms with Crippen LogP contribution in [0.15, 0.2) is 60.7 Å². The summed E-state index contributed by atoms with van der Waals surface area (Å²) in [5.74, 6) is 0. The number of halogens is 1. The van der Waals surface area contributed by atoms with Gasteiger partial charge in [0.25, 0.3) is 10.2 Å². The van der Waals surface area contributed by atoms with Crippen LogP contribution in [0.3, 0.4) is 0 Å². The molecular weight excluding hydrogens is 346 g/mol. The normalized spacial score (nSPS) is 12.6. The van der Waals surface area contributed by atoms with Crippen molar-refractivity contribution in [3.63, 3.8) is 0 Å². The molecule has 0 heterocycles. The summed E-state index contributed by atoms with van der Waals surface area (Å²) in [6, 6.07) is 18.6. The van der Waals surface area contributed by atoms with Gasteiger partial charge in [0.15, 0.2) is 0 Å². The first-order chi connectivity index (χ1) is 11.0. The van der Waals surface area contributed by atoms with Gasteiger partial charge in [0.1, 0.15) is 0 Å². The smallest absolute Gasteiger partial charge is 0.279 e. The van der Waals surface area contributed by atoms with Gasteiger partial charge < -0.3 is 5.73 Å². The Kier molecular flexibility index (Phi) is 8.38. The molecule has 24 heavy (non-hydrogen) atoms. The van der Waals surface area contributed by atoms with E-state index in [1.807, 2.05) is 67.6 Å². The number of nitrogens with zero attached hydrogens (tertiary/aromatic N) is 1. The fourth-order valence-electron chi connectivity index (χ4n) is 2.26. The number of rotatable bonds is 8. The third-order valence-corrected chi connectivity index (χ3v) is 5.21. The number of hydrogen-bond acceptors (Lipinski definition) is 3. The van der Waals surface area contributed by atoms with E-state index in [4.69, 9.17) is 5.73 Å². The average Bonchev–Trinajstić information content (AvgIpc) is 2.59. The maximum Gasteiger partial charge on any atom is 0.279 e. The van der Waals surface area contributed by atoms with Gasteiger partial charge in [0.2, 0.25) is 0 Å². The van der Waals surface area contributed by atoms with Gasteiger partial charge >= 0.3 is 0 Å². The molecule has 0 radical (unpaired) electrons. The average molecular weight is 370 g/mol. The third kappa shape index (κ3) is 5.89. The third-order valence-electron chi connectivity index (χ3n) is 3.61. The zero-order valence-corrected chi connectivity index (χ0v) is 15.3. The van der Waals surface area contributed by atoms with Gasteiger partial charge in [0.05, 0.1) is 0 Å². The van der Waals surface area contributed by atoms with Crippen LogP contribution in [-0.2, 0) is 16.8 Å². The Balaban J connectivity index is 0.00000288. The molecule has 0 saturated carbocycles. The van der Waals surface area contributed by atoms with E-state index in [1.54, 1.807) is 0 Å². The van der Waals surface area contributed by atoms with Crippen LogP contribution in [0.1, 0.15) is 24.1 Å². The van der Waals surface area contributed by atoms with Crippen molar-refractivity contribution in [1.29, 1.82) is 0 Å². The standard InChI is InChI=1S/C17H23N3O2S.ClH/c1-2-20(14-15-9-5-3-6-10-15)23(21,22)19-13-17(18)16-11-7-4-8-12-16;/h3-12,17,19H,2,13-14,18H2,1H3;1H. The lowest BCUT2D eigenvalue weighted by Crippen LogP contribution is -2.42. The first kappa shape index (κ1) is 20.6. The Hall–Kier alpha value is -1.44. The monoisotopic (exact) mass is 369 g/mol. The van der Waals surface area contributed by atoms with E-state index in [1.165, 1.54) is 4.31 Å². The summed E-state index contributed by atoms with van der Waals surface area (Å²) in [6.45, 7) is 2.72. The minimum Gasteiger partial charge on any atom is -0.323 e. The molecule has 132 valence electrons. The molecule has 2 rings (SSSR count). The van der Waals surface area contributed by atoms with Crippen LogP contribution in [0.2, 0.25) is 0 Å². The van der Waals surface area contributed by atoms with Crippen LogP contribution in [0.25, 0.3) is 0 Å². The second kappa shape index (κ2) is 9.76. The number of hydrogen-bond donors (Lipinski definition) is 2. The molecule has 2 aromatic rings. The van der Waals surface area contributed by atoms with Gasteiger partial charge in [-0.25, -0.2) is 4.72 Å². The Morgan fingerprint density at radius 1 is 1.04 bits per heavy atom. The summed E-state index contributed by atoms with van der Waals surface area (Å²) in [5.41, 5.74) is 7.91. The van der Waals surface area contributed by atoms with E-state index in [-0.39, 0.29) is 25.0 Å². The summed E-state index contributed by atoms with van der Waals surface area (Å²) >= 11 is 0. The summed E-state index contributed by atoms with van der Waals surface area (Å²) in [7, 11) is -3.57. The second-order valence-corrected chi connectivity index (χ2v) is 7.04. The molecule has 0 aliphatic rings. The number of nitrogens with one attached hydrogen (secondary N) is 1. The minimum atomic E-state index is -3.57. The van der Waals surface area contributed by atoms with Crippen molar-refractivity contribution in [2.24, 2.45) is 5.73 Å². The quantitative estimate of drug-likeness (QED) is 0.750. The molecule has 0 fully saturated rings. The zero-order valence-electron chi connectivity index (χ0n) is 13.6. The molecule has 0 aliphatic carbocycles. The van der Waals surface area contributed by atoms with Crippen LogP contribution in [0, 0.1) is 0 Å². The number of nitrogens with two attached hydrogens (primary N) is 1. The van der Waals surface area contributed by atoms with Gasteiger partial charge in [0, 0.05) is 25.7 Å². The lowest BCUT2D eigenvalue weighted by Gasteiger charge is -2.22. The lowest BCUT2D eigenvalue weighted by atomic mass is 10.1. The van der Waals surface area contributed by atoms with Crippen LogP contribution >= 0.6 is 12.4 Å². The van der Waals surface area contributed by atoms with E-state index in [0.29, 0.717) is 13.1 Å². The number of benzene rings is 2. The van der Waals surface area contributed by atoms with Gasteiger partial charge in [-0.2, -0.15) is 12.7 Å². The zero-order chi connectivity index (χ0) is 16.7. The van der Waals surface area contributed by atoms with Crippen molar-refractivity contribution in [3.05, 3.63) is 71.8 Å². The molecule has 1 unspecified atom stereocenters. The van der Waals surface area contributed by atoms with Gasteiger partial charge in [-0.05, 0) is 11.1 Å².